The Balaban J connectivity index is 1.88. The van der Waals surface area contributed by atoms with E-state index in [0.717, 1.165) is 15.6 Å². The third-order valence-corrected chi connectivity index (χ3v) is 4.59. The average molecular weight is 389 g/mol. The van der Waals surface area contributed by atoms with Gasteiger partial charge in [-0.2, -0.15) is 0 Å². The van der Waals surface area contributed by atoms with Gasteiger partial charge < -0.3 is 15.4 Å². The van der Waals surface area contributed by atoms with Gasteiger partial charge >= 0.3 is 0 Å². The normalized spacial score (nSPS) is 19.1. The maximum Gasteiger partial charge on any atom is 0.278 e. The summed E-state index contributed by atoms with van der Waals surface area (Å²) in [6, 6.07) is 11.0. The number of rotatable bonds is 2. The third-order valence-electron chi connectivity index (χ3n) is 3.94. The number of amides is 2. The van der Waals surface area contributed by atoms with Gasteiger partial charge in [-0.05, 0) is 72.1 Å². The molecule has 1 heterocycles. The number of hydrogen-bond acceptors (Lipinski definition) is 3. The summed E-state index contributed by atoms with van der Waals surface area (Å²) in [6.07, 6.45) is 0. The Morgan fingerprint density at radius 1 is 1.17 bits per heavy atom. The number of fused-ring (bicyclic) bond motifs is 1. The number of anilines is 2. The highest BCUT2D eigenvalue weighted by molar-refractivity contribution is 9.10. The van der Waals surface area contributed by atoms with Crippen molar-refractivity contribution in [2.45, 2.75) is 26.4 Å². The van der Waals surface area contributed by atoms with Gasteiger partial charge in [0, 0.05) is 4.47 Å². The van der Waals surface area contributed by atoms with Gasteiger partial charge in [0.25, 0.3) is 17.4 Å². The predicted octanol–water partition coefficient (Wildman–Crippen LogP) is 3.79. The lowest BCUT2D eigenvalue weighted by atomic mass is 10.0. The molecule has 2 N–H and O–H groups in total. The molecule has 3 rings (SSSR count). The smallest absolute Gasteiger partial charge is 0.278 e. The van der Waals surface area contributed by atoms with Gasteiger partial charge in [-0.25, -0.2) is 0 Å². The number of halogens is 1. The van der Waals surface area contributed by atoms with E-state index in [1.54, 1.807) is 18.2 Å². The van der Waals surface area contributed by atoms with Gasteiger partial charge in [0.05, 0.1) is 11.4 Å². The van der Waals surface area contributed by atoms with Crippen LogP contribution in [0.3, 0.4) is 0 Å². The van der Waals surface area contributed by atoms with E-state index < -0.39 is 17.4 Å². The summed E-state index contributed by atoms with van der Waals surface area (Å²) in [6.45, 7) is 5.33. The second kappa shape index (κ2) is 5.94. The molecule has 0 fully saturated rings. The molecule has 5 nitrogen and oxygen atoms in total. The van der Waals surface area contributed by atoms with E-state index in [1.165, 1.54) is 6.92 Å². The molecule has 0 spiro atoms. The minimum Gasteiger partial charge on any atom is -0.466 e. The molecule has 0 saturated heterocycles. The van der Waals surface area contributed by atoms with Crippen molar-refractivity contribution in [2.75, 3.05) is 10.6 Å². The number of nitrogens with one attached hydrogen (secondary N) is 2. The fourth-order valence-corrected chi connectivity index (χ4v) is 3.04. The maximum atomic E-state index is 12.7. The Morgan fingerprint density at radius 3 is 2.54 bits per heavy atom. The fraction of sp³-hybridized carbons (Fsp3) is 0.222. The fourth-order valence-electron chi connectivity index (χ4n) is 2.45. The molecule has 2 aromatic rings. The summed E-state index contributed by atoms with van der Waals surface area (Å²) in [5.41, 5.74) is 1.56. The Bertz CT molecular complexity index is 850. The molecule has 0 aliphatic carbocycles. The van der Waals surface area contributed by atoms with E-state index in [9.17, 15) is 9.59 Å². The first kappa shape index (κ1) is 16.5. The minimum atomic E-state index is -1.65. The van der Waals surface area contributed by atoms with Crippen LogP contribution < -0.4 is 15.4 Å². The van der Waals surface area contributed by atoms with Crippen LogP contribution in [0.1, 0.15) is 18.1 Å². The van der Waals surface area contributed by atoms with Gasteiger partial charge in [-0.3, -0.25) is 9.59 Å². The molecule has 124 valence electrons. The van der Waals surface area contributed by atoms with Crippen molar-refractivity contribution in [3.05, 3.63) is 52.0 Å². The summed E-state index contributed by atoms with van der Waals surface area (Å²) in [5.74, 6) is -0.557. The van der Waals surface area contributed by atoms with Crippen LogP contribution in [0.15, 0.2) is 40.9 Å². The molecular formula is C18H17BrN2O3. The molecular weight excluding hydrogens is 372 g/mol. The summed E-state index contributed by atoms with van der Waals surface area (Å²) >= 11 is 3.41. The van der Waals surface area contributed by atoms with Crippen LogP contribution in [0.5, 0.6) is 5.75 Å². The molecule has 0 saturated carbocycles. The molecule has 2 amide bonds. The van der Waals surface area contributed by atoms with Gasteiger partial charge in [0.2, 0.25) is 0 Å². The number of hydrogen-bond donors (Lipinski definition) is 2. The monoisotopic (exact) mass is 388 g/mol. The SMILES string of the molecule is Cc1ccc(NC(=O)C2(C)Oc3ccc(C)cc3NC2=O)c(Br)c1. The van der Waals surface area contributed by atoms with E-state index in [1.807, 2.05) is 32.0 Å². The first-order valence-corrected chi connectivity index (χ1v) is 8.27. The molecule has 6 heteroatoms. The van der Waals surface area contributed by atoms with E-state index >= 15 is 0 Å². The molecule has 24 heavy (non-hydrogen) atoms. The van der Waals surface area contributed by atoms with Crippen LogP contribution in [-0.4, -0.2) is 17.4 Å². The van der Waals surface area contributed by atoms with Gasteiger partial charge in [-0.15, -0.1) is 0 Å². The summed E-state index contributed by atoms with van der Waals surface area (Å²) in [5, 5.41) is 5.49. The predicted molar refractivity (Wildman–Crippen MR) is 96.4 cm³/mol. The summed E-state index contributed by atoms with van der Waals surface area (Å²) in [7, 11) is 0. The second-order valence-corrected chi connectivity index (χ2v) is 6.88. The van der Waals surface area contributed by atoms with Crippen LogP contribution >= 0.6 is 15.9 Å². The standard InChI is InChI=1S/C18H17BrN2O3/c1-10-4-6-13(12(19)8-10)20-16(22)18(3)17(23)21-14-9-11(2)5-7-15(14)24-18/h4-9H,1-3H3,(H,20,22)(H,21,23). The number of carbonyl (C=O) groups excluding carboxylic acids is 2. The number of aryl methyl sites for hydroxylation is 2. The highest BCUT2D eigenvalue weighted by Gasteiger charge is 2.47. The largest absolute Gasteiger partial charge is 0.466 e. The van der Waals surface area contributed by atoms with Crippen molar-refractivity contribution < 1.29 is 14.3 Å². The zero-order valence-electron chi connectivity index (χ0n) is 13.6. The lowest BCUT2D eigenvalue weighted by Crippen LogP contribution is -2.56. The van der Waals surface area contributed by atoms with Crippen molar-refractivity contribution in [2.24, 2.45) is 0 Å². The highest BCUT2D eigenvalue weighted by atomic mass is 79.9. The van der Waals surface area contributed by atoms with Crippen molar-refractivity contribution in [1.29, 1.82) is 0 Å². The van der Waals surface area contributed by atoms with E-state index in [4.69, 9.17) is 4.74 Å². The zero-order valence-corrected chi connectivity index (χ0v) is 15.2. The number of benzene rings is 2. The second-order valence-electron chi connectivity index (χ2n) is 6.03. The Morgan fingerprint density at radius 2 is 1.83 bits per heavy atom. The molecule has 1 unspecified atom stereocenters. The maximum absolute atomic E-state index is 12.7. The van der Waals surface area contributed by atoms with Crippen LogP contribution in [0.4, 0.5) is 11.4 Å². The summed E-state index contributed by atoms with van der Waals surface area (Å²) in [4.78, 5) is 25.1. The Labute approximate surface area is 148 Å². The van der Waals surface area contributed by atoms with E-state index in [-0.39, 0.29) is 0 Å². The van der Waals surface area contributed by atoms with Crippen molar-refractivity contribution in [3.63, 3.8) is 0 Å². The topological polar surface area (TPSA) is 67.4 Å². The first-order valence-electron chi connectivity index (χ1n) is 7.48. The quantitative estimate of drug-likeness (QED) is 0.768. The van der Waals surface area contributed by atoms with Crippen LogP contribution in [0.25, 0.3) is 0 Å². The van der Waals surface area contributed by atoms with Gasteiger partial charge in [0.15, 0.2) is 0 Å². The number of carbonyl (C=O) groups is 2. The summed E-state index contributed by atoms with van der Waals surface area (Å²) < 4.78 is 6.49. The molecule has 1 atom stereocenters. The Kier molecular flexibility index (Phi) is 4.09. The Hall–Kier alpha value is -2.34. The highest BCUT2D eigenvalue weighted by Crippen LogP contribution is 2.35. The van der Waals surface area contributed by atoms with E-state index in [2.05, 4.69) is 26.6 Å². The van der Waals surface area contributed by atoms with Crippen molar-refractivity contribution >= 4 is 39.1 Å². The van der Waals surface area contributed by atoms with Crippen LogP contribution in [-0.2, 0) is 9.59 Å². The van der Waals surface area contributed by atoms with E-state index in [0.29, 0.717) is 17.1 Å². The van der Waals surface area contributed by atoms with Gasteiger partial charge in [-0.1, -0.05) is 12.1 Å². The van der Waals surface area contributed by atoms with Gasteiger partial charge in [0.1, 0.15) is 5.75 Å². The molecule has 1 aliphatic heterocycles. The molecule has 0 radical (unpaired) electrons. The first-order chi connectivity index (χ1) is 11.3. The average Bonchev–Trinajstić information content (AvgIpc) is 2.51. The van der Waals surface area contributed by atoms with Crippen LogP contribution in [0.2, 0.25) is 0 Å². The lowest BCUT2D eigenvalue weighted by molar-refractivity contribution is -0.143. The third kappa shape index (κ3) is 2.89. The van der Waals surface area contributed by atoms with Crippen molar-refractivity contribution in [1.82, 2.24) is 0 Å². The molecule has 1 aliphatic rings. The van der Waals surface area contributed by atoms with Crippen LogP contribution in [0, 0.1) is 13.8 Å². The lowest BCUT2D eigenvalue weighted by Gasteiger charge is -2.33. The number of ether oxygens (including phenoxy) is 1. The molecule has 2 aromatic carbocycles. The molecule has 0 bridgehead atoms. The van der Waals surface area contributed by atoms with Crippen molar-refractivity contribution in [3.8, 4) is 5.75 Å². The zero-order chi connectivity index (χ0) is 17.5. The molecule has 0 aromatic heterocycles. The minimum absolute atomic E-state index is 0.473.